The molecule has 0 spiro atoms. The smallest absolute Gasteiger partial charge is 0.227 e. The Morgan fingerprint density at radius 1 is 0.848 bits per heavy atom. The summed E-state index contributed by atoms with van der Waals surface area (Å²) in [5.74, 6) is 1.83. The van der Waals surface area contributed by atoms with Gasteiger partial charge in [-0.25, -0.2) is 0 Å². The maximum absolute atomic E-state index is 13.0. The standard InChI is InChI=1S/C27H26N4O2/c1-33-23-11-9-21(10-12-23)25-13-14-26(29-28-25)30-15-17-31(18-16-30)27(32)19-22-7-4-6-20-5-2-3-8-24(20)22/h2-14H,15-19H2,1H3. The minimum atomic E-state index is 0.173. The molecule has 2 heterocycles. The van der Waals surface area contributed by atoms with E-state index in [0.717, 1.165) is 46.9 Å². The zero-order valence-corrected chi connectivity index (χ0v) is 18.6. The van der Waals surface area contributed by atoms with Crippen LogP contribution in [0.1, 0.15) is 5.56 Å². The molecule has 1 saturated heterocycles. The van der Waals surface area contributed by atoms with Gasteiger partial charge in [0.15, 0.2) is 5.82 Å². The third-order valence-corrected chi connectivity index (χ3v) is 6.21. The highest BCUT2D eigenvalue weighted by molar-refractivity contribution is 5.90. The molecule has 0 radical (unpaired) electrons. The normalized spacial score (nSPS) is 13.8. The quantitative estimate of drug-likeness (QED) is 0.468. The second kappa shape index (κ2) is 9.28. The maximum Gasteiger partial charge on any atom is 0.227 e. The second-order valence-electron chi connectivity index (χ2n) is 8.19. The molecule has 1 aliphatic heterocycles. The number of benzene rings is 3. The molecular formula is C27H26N4O2. The molecule has 4 aromatic rings. The maximum atomic E-state index is 13.0. The molecule has 0 unspecified atom stereocenters. The second-order valence-corrected chi connectivity index (χ2v) is 8.19. The summed E-state index contributed by atoms with van der Waals surface area (Å²) in [5.41, 5.74) is 2.91. The molecule has 1 aromatic heterocycles. The number of hydrogen-bond acceptors (Lipinski definition) is 5. The fourth-order valence-corrected chi connectivity index (χ4v) is 4.32. The molecular weight excluding hydrogens is 412 g/mol. The van der Waals surface area contributed by atoms with Crippen LogP contribution < -0.4 is 9.64 Å². The van der Waals surface area contributed by atoms with Crippen molar-refractivity contribution in [3.05, 3.63) is 84.4 Å². The van der Waals surface area contributed by atoms with Gasteiger partial charge in [-0.15, -0.1) is 10.2 Å². The Bertz CT molecular complexity index is 1240. The lowest BCUT2D eigenvalue weighted by Gasteiger charge is -2.35. The lowest BCUT2D eigenvalue weighted by Crippen LogP contribution is -2.49. The molecule has 6 nitrogen and oxygen atoms in total. The molecule has 166 valence electrons. The van der Waals surface area contributed by atoms with Crippen LogP contribution in [0, 0.1) is 0 Å². The zero-order valence-electron chi connectivity index (χ0n) is 18.6. The van der Waals surface area contributed by atoms with Crippen molar-refractivity contribution in [2.75, 3.05) is 38.2 Å². The first-order chi connectivity index (χ1) is 16.2. The molecule has 6 heteroatoms. The van der Waals surface area contributed by atoms with Gasteiger partial charge in [-0.3, -0.25) is 4.79 Å². The van der Waals surface area contributed by atoms with Crippen molar-refractivity contribution >= 4 is 22.5 Å². The summed E-state index contributed by atoms with van der Waals surface area (Å²) in [6.07, 6.45) is 0.428. The van der Waals surface area contributed by atoms with Crippen molar-refractivity contribution in [3.63, 3.8) is 0 Å². The van der Waals surface area contributed by atoms with Crippen LogP contribution in [0.2, 0.25) is 0 Å². The van der Waals surface area contributed by atoms with Gasteiger partial charge in [-0.2, -0.15) is 0 Å². The number of piperazine rings is 1. The first-order valence-corrected chi connectivity index (χ1v) is 11.2. The lowest BCUT2D eigenvalue weighted by molar-refractivity contribution is -0.130. The Kier molecular flexibility index (Phi) is 5.89. The molecule has 33 heavy (non-hydrogen) atoms. The predicted octanol–water partition coefficient (Wildman–Crippen LogP) is 4.20. The average Bonchev–Trinajstić information content (AvgIpc) is 2.89. The minimum Gasteiger partial charge on any atom is -0.497 e. The summed E-state index contributed by atoms with van der Waals surface area (Å²) in [7, 11) is 1.65. The highest BCUT2D eigenvalue weighted by Gasteiger charge is 2.22. The SMILES string of the molecule is COc1ccc(-c2ccc(N3CCN(C(=O)Cc4cccc5ccccc45)CC3)nn2)cc1. The van der Waals surface area contributed by atoms with E-state index in [4.69, 9.17) is 4.74 Å². The molecule has 5 rings (SSSR count). The van der Waals surface area contributed by atoms with E-state index in [1.807, 2.05) is 59.5 Å². The number of ether oxygens (including phenoxy) is 1. The number of amides is 1. The van der Waals surface area contributed by atoms with Gasteiger partial charge >= 0.3 is 0 Å². The number of aromatic nitrogens is 2. The average molecular weight is 439 g/mol. The first-order valence-electron chi connectivity index (χ1n) is 11.2. The van der Waals surface area contributed by atoms with E-state index in [0.29, 0.717) is 19.5 Å². The van der Waals surface area contributed by atoms with Crippen molar-refractivity contribution in [2.24, 2.45) is 0 Å². The monoisotopic (exact) mass is 438 g/mol. The number of carbonyl (C=O) groups is 1. The van der Waals surface area contributed by atoms with Gasteiger partial charge in [0.2, 0.25) is 5.91 Å². The van der Waals surface area contributed by atoms with Crippen LogP contribution in [0.3, 0.4) is 0 Å². The van der Waals surface area contributed by atoms with Crippen LogP contribution in [-0.2, 0) is 11.2 Å². The number of hydrogen-bond donors (Lipinski definition) is 0. The van der Waals surface area contributed by atoms with E-state index < -0.39 is 0 Å². The van der Waals surface area contributed by atoms with Gasteiger partial charge < -0.3 is 14.5 Å². The Morgan fingerprint density at radius 2 is 1.61 bits per heavy atom. The minimum absolute atomic E-state index is 0.173. The number of nitrogens with zero attached hydrogens (tertiary/aromatic N) is 4. The van der Waals surface area contributed by atoms with Gasteiger partial charge in [-0.1, -0.05) is 42.5 Å². The summed E-state index contributed by atoms with van der Waals surface area (Å²) >= 11 is 0. The molecule has 1 fully saturated rings. The van der Waals surface area contributed by atoms with E-state index >= 15 is 0 Å². The van der Waals surface area contributed by atoms with Crippen LogP contribution in [0.5, 0.6) is 5.75 Å². The van der Waals surface area contributed by atoms with Crippen molar-refractivity contribution < 1.29 is 9.53 Å². The van der Waals surface area contributed by atoms with Crippen molar-refractivity contribution in [1.82, 2.24) is 15.1 Å². The molecule has 0 bridgehead atoms. The molecule has 1 amide bonds. The van der Waals surface area contributed by atoms with Crippen LogP contribution in [0.25, 0.3) is 22.0 Å². The summed E-state index contributed by atoms with van der Waals surface area (Å²) in [6.45, 7) is 2.87. The first kappa shape index (κ1) is 20.9. The highest BCUT2D eigenvalue weighted by Crippen LogP contribution is 2.23. The Morgan fingerprint density at radius 3 is 2.33 bits per heavy atom. The number of carbonyl (C=O) groups excluding carboxylic acids is 1. The predicted molar refractivity (Wildman–Crippen MR) is 130 cm³/mol. The van der Waals surface area contributed by atoms with Gasteiger partial charge in [0.1, 0.15) is 5.75 Å². The Labute approximate surface area is 193 Å². The third-order valence-electron chi connectivity index (χ3n) is 6.21. The van der Waals surface area contributed by atoms with Crippen molar-refractivity contribution in [2.45, 2.75) is 6.42 Å². The molecule has 0 aliphatic carbocycles. The topological polar surface area (TPSA) is 58.6 Å². The van der Waals surface area contributed by atoms with E-state index in [2.05, 4.69) is 39.4 Å². The van der Waals surface area contributed by atoms with E-state index in [1.54, 1.807) is 7.11 Å². The van der Waals surface area contributed by atoms with E-state index in [1.165, 1.54) is 5.39 Å². The van der Waals surface area contributed by atoms with E-state index in [-0.39, 0.29) is 5.91 Å². The van der Waals surface area contributed by atoms with Crippen LogP contribution >= 0.6 is 0 Å². The van der Waals surface area contributed by atoms with Crippen molar-refractivity contribution in [3.8, 4) is 17.0 Å². The van der Waals surface area contributed by atoms with Gasteiger partial charge in [0.05, 0.1) is 19.2 Å². The lowest BCUT2D eigenvalue weighted by atomic mass is 10.0. The third kappa shape index (κ3) is 4.51. The van der Waals surface area contributed by atoms with Crippen LogP contribution in [-0.4, -0.2) is 54.3 Å². The molecule has 3 aromatic carbocycles. The molecule has 0 saturated carbocycles. The highest BCUT2D eigenvalue weighted by atomic mass is 16.5. The van der Waals surface area contributed by atoms with Crippen molar-refractivity contribution in [1.29, 1.82) is 0 Å². The summed E-state index contributed by atoms with van der Waals surface area (Å²) < 4.78 is 5.21. The Balaban J connectivity index is 1.20. The molecule has 1 aliphatic rings. The molecule has 0 atom stereocenters. The van der Waals surface area contributed by atoms with Gasteiger partial charge in [0, 0.05) is 31.7 Å². The largest absolute Gasteiger partial charge is 0.497 e. The van der Waals surface area contributed by atoms with Crippen LogP contribution in [0.4, 0.5) is 5.82 Å². The molecule has 0 N–H and O–H groups in total. The number of rotatable bonds is 5. The number of anilines is 1. The van der Waals surface area contributed by atoms with E-state index in [9.17, 15) is 4.79 Å². The number of fused-ring (bicyclic) bond motifs is 1. The summed E-state index contributed by atoms with van der Waals surface area (Å²) in [4.78, 5) is 17.1. The summed E-state index contributed by atoms with van der Waals surface area (Å²) in [6, 6.07) is 26.2. The van der Waals surface area contributed by atoms with Crippen LogP contribution in [0.15, 0.2) is 78.9 Å². The number of methoxy groups -OCH3 is 1. The Hall–Kier alpha value is -3.93. The fraction of sp³-hybridized carbons (Fsp3) is 0.222. The zero-order chi connectivity index (χ0) is 22.6. The van der Waals surface area contributed by atoms with Gasteiger partial charge in [0.25, 0.3) is 0 Å². The van der Waals surface area contributed by atoms with Gasteiger partial charge in [-0.05, 0) is 52.7 Å². The fourth-order valence-electron chi connectivity index (χ4n) is 4.32. The summed E-state index contributed by atoms with van der Waals surface area (Å²) in [5, 5.41) is 11.2.